The van der Waals surface area contributed by atoms with Crippen LogP contribution in [0.4, 0.5) is 0 Å². The van der Waals surface area contributed by atoms with E-state index in [2.05, 4.69) is 6.58 Å². The van der Waals surface area contributed by atoms with Gasteiger partial charge in [0.1, 0.15) is 11.7 Å². The quantitative estimate of drug-likeness (QED) is 0.395. The smallest absolute Gasteiger partial charge is 0.303 e. The predicted molar refractivity (Wildman–Crippen MR) is 128 cm³/mol. The van der Waals surface area contributed by atoms with E-state index in [4.69, 9.17) is 9.47 Å². The highest BCUT2D eigenvalue weighted by atomic mass is 16.6. The number of aliphatic hydroxyl groups is 3. The molecule has 0 aromatic rings. The highest BCUT2D eigenvalue weighted by Crippen LogP contribution is 2.62. The molecule has 2 saturated carbocycles. The number of Topliss-reactive ketones (excluding diaryl/α,β-unsaturated/α-hetero) is 1. The lowest BCUT2D eigenvalue weighted by molar-refractivity contribution is -0.268. The molecule has 0 aromatic carbocycles. The summed E-state index contributed by atoms with van der Waals surface area (Å²) < 4.78 is 11.7. The Balaban J connectivity index is 2.42. The molecule has 8 nitrogen and oxygen atoms in total. The number of ether oxygens (including phenoxy) is 2. The monoisotopic (exact) mass is 492 g/mol. The molecule has 0 heterocycles. The second-order valence-electron chi connectivity index (χ2n) is 11.5. The Kier molecular flexibility index (Phi) is 7.18. The Morgan fingerprint density at radius 2 is 1.71 bits per heavy atom. The second-order valence-corrected chi connectivity index (χ2v) is 11.5. The van der Waals surface area contributed by atoms with Crippen LogP contribution in [-0.4, -0.2) is 62.6 Å². The minimum atomic E-state index is -1.95. The second kappa shape index (κ2) is 9.12. The van der Waals surface area contributed by atoms with E-state index in [0.717, 1.165) is 0 Å². The van der Waals surface area contributed by atoms with E-state index < -0.39 is 64.0 Å². The summed E-state index contributed by atoms with van der Waals surface area (Å²) in [6.07, 6.45) is -0.367. The van der Waals surface area contributed by atoms with Crippen molar-refractivity contribution in [3.05, 3.63) is 23.8 Å². The SMILES string of the molecule is C=CCC[C@]1(O)CCC[C@]2(C)[C@@H]1[C@H](O)[C@]1(O)CC(=O)C(C)=C([C@@H](OC(C)=O)[C@@H]2OC(C)=O)C1(C)C. The van der Waals surface area contributed by atoms with E-state index in [9.17, 15) is 29.7 Å². The number of hydrogen-bond acceptors (Lipinski definition) is 8. The average Bonchev–Trinajstić information content (AvgIpc) is 2.73. The van der Waals surface area contributed by atoms with Crippen LogP contribution in [0.1, 0.15) is 80.1 Å². The van der Waals surface area contributed by atoms with Crippen LogP contribution in [0.2, 0.25) is 0 Å². The molecule has 8 heteroatoms. The van der Waals surface area contributed by atoms with Crippen LogP contribution < -0.4 is 0 Å². The Morgan fingerprint density at radius 3 is 2.26 bits per heavy atom. The van der Waals surface area contributed by atoms with Crippen molar-refractivity contribution in [1.82, 2.24) is 0 Å². The molecule has 0 amide bonds. The zero-order valence-corrected chi connectivity index (χ0v) is 21.7. The highest BCUT2D eigenvalue weighted by molar-refractivity contribution is 5.98. The summed E-state index contributed by atoms with van der Waals surface area (Å²) in [6, 6.07) is 0. The molecule has 35 heavy (non-hydrogen) atoms. The number of fused-ring (bicyclic) bond motifs is 3. The van der Waals surface area contributed by atoms with E-state index >= 15 is 0 Å². The van der Waals surface area contributed by atoms with Crippen molar-refractivity contribution in [3.8, 4) is 0 Å². The molecule has 0 aromatic heterocycles. The van der Waals surface area contributed by atoms with E-state index in [1.165, 1.54) is 13.8 Å². The maximum absolute atomic E-state index is 13.2. The number of ketones is 1. The molecule has 0 saturated heterocycles. The predicted octanol–water partition coefficient (Wildman–Crippen LogP) is 2.77. The number of carbonyl (C=O) groups excluding carboxylic acids is 3. The molecule has 7 atom stereocenters. The zero-order valence-electron chi connectivity index (χ0n) is 21.7. The molecular formula is C27H40O8. The van der Waals surface area contributed by atoms with Crippen molar-refractivity contribution < 1.29 is 39.2 Å². The standard InChI is InChI=1S/C27H40O8/c1-8-9-12-26(32)13-10-11-25(7)21(26)22(31)27(33)14-18(30)15(2)19(24(27,5)6)20(34-16(3)28)23(25)35-17(4)29/h8,20-23,31-33H,1,9-14H2,2-7H3/t20-,21+,22+,23+,25-,26+,27-/m1/s1. The van der Waals surface area contributed by atoms with Crippen molar-refractivity contribution in [2.24, 2.45) is 16.7 Å². The lowest BCUT2D eigenvalue weighted by Gasteiger charge is -2.63. The summed E-state index contributed by atoms with van der Waals surface area (Å²) in [6.45, 7) is 13.0. The van der Waals surface area contributed by atoms with Gasteiger partial charge in [0.15, 0.2) is 11.9 Å². The zero-order chi connectivity index (χ0) is 26.6. The summed E-state index contributed by atoms with van der Waals surface area (Å²) in [4.78, 5) is 37.9. The van der Waals surface area contributed by atoms with Crippen LogP contribution in [0, 0.1) is 16.7 Å². The molecule has 0 unspecified atom stereocenters. The molecule has 3 aliphatic rings. The van der Waals surface area contributed by atoms with E-state index in [1.54, 1.807) is 33.8 Å². The minimum absolute atomic E-state index is 0.269. The average molecular weight is 493 g/mol. The first-order chi connectivity index (χ1) is 16.1. The molecule has 0 spiro atoms. The van der Waals surface area contributed by atoms with Crippen LogP contribution in [0.25, 0.3) is 0 Å². The lowest BCUT2D eigenvalue weighted by atomic mass is 9.46. The van der Waals surface area contributed by atoms with Gasteiger partial charge in [-0.05, 0) is 50.2 Å². The molecule has 0 radical (unpaired) electrons. The summed E-state index contributed by atoms with van der Waals surface area (Å²) in [5, 5.41) is 36.1. The molecule has 3 N–H and O–H groups in total. The molecule has 2 fully saturated rings. The third kappa shape index (κ3) is 4.17. The van der Waals surface area contributed by atoms with Crippen LogP contribution in [-0.2, 0) is 23.9 Å². The first-order valence-corrected chi connectivity index (χ1v) is 12.4. The largest absolute Gasteiger partial charge is 0.458 e. The van der Waals surface area contributed by atoms with Gasteiger partial charge in [-0.1, -0.05) is 26.8 Å². The fourth-order valence-electron chi connectivity index (χ4n) is 7.25. The van der Waals surface area contributed by atoms with Crippen molar-refractivity contribution >= 4 is 17.7 Å². The van der Waals surface area contributed by atoms with Crippen molar-refractivity contribution in [2.75, 3.05) is 0 Å². The van der Waals surface area contributed by atoms with Crippen LogP contribution in [0.15, 0.2) is 23.8 Å². The molecule has 3 aliphatic carbocycles. The minimum Gasteiger partial charge on any atom is -0.458 e. The lowest BCUT2D eigenvalue weighted by Crippen LogP contribution is -2.73. The fraction of sp³-hybridized carbons (Fsp3) is 0.741. The maximum Gasteiger partial charge on any atom is 0.303 e. The van der Waals surface area contributed by atoms with Crippen molar-refractivity contribution in [3.63, 3.8) is 0 Å². The van der Waals surface area contributed by atoms with Crippen molar-refractivity contribution in [1.29, 1.82) is 0 Å². The molecular weight excluding hydrogens is 452 g/mol. The number of allylic oxidation sites excluding steroid dienone is 2. The van der Waals surface area contributed by atoms with Gasteiger partial charge in [0.2, 0.25) is 0 Å². The highest BCUT2D eigenvalue weighted by Gasteiger charge is 2.70. The number of carbonyl (C=O) groups is 3. The molecule has 3 rings (SSSR count). The third-order valence-electron chi connectivity index (χ3n) is 9.00. The molecule has 0 aliphatic heterocycles. The maximum atomic E-state index is 13.2. The van der Waals surface area contributed by atoms with Crippen LogP contribution in [0.3, 0.4) is 0 Å². The number of aliphatic hydroxyl groups excluding tert-OH is 1. The number of rotatable bonds is 5. The van der Waals surface area contributed by atoms with Gasteiger partial charge in [0, 0.05) is 37.0 Å². The fourth-order valence-corrected chi connectivity index (χ4v) is 7.25. The van der Waals surface area contributed by atoms with Gasteiger partial charge < -0.3 is 24.8 Å². The van der Waals surface area contributed by atoms with Crippen LogP contribution >= 0.6 is 0 Å². The van der Waals surface area contributed by atoms with Gasteiger partial charge in [-0.2, -0.15) is 0 Å². The van der Waals surface area contributed by atoms with Gasteiger partial charge in [0.25, 0.3) is 0 Å². The first kappa shape index (κ1) is 27.6. The summed E-state index contributed by atoms with van der Waals surface area (Å²) >= 11 is 0. The van der Waals surface area contributed by atoms with Crippen LogP contribution in [0.5, 0.6) is 0 Å². The normalized spacial score (nSPS) is 40.8. The number of hydrogen-bond donors (Lipinski definition) is 3. The van der Waals surface area contributed by atoms with E-state index in [0.29, 0.717) is 36.8 Å². The summed E-state index contributed by atoms with van der Waals surface area (Å²) in [5.41, 5.74) is -5.09. The van der Waals surface area contributed by atoms with E-state index in [-0.39, 0.29) is 12.8 Å². The molecule has 196 valence electrons. The topological polar surface area (TPSA) is 130 Å². The third-order valence-corrected chi connectivity index (χ3v) is 9.00. The summed E-state index contributed by atoms with van der Waals surface area (Å²) in [7, 11) is 0. The van der Waals surface area contributed by atoms with Gasteiger partial charge in [-0.15, -0.1) is 6.58 Å². The van der Waals surface area contributed by atoms with Gasteiger partial charge in [0.05, 0.1) is 11.7 Å². The Labute approximate surface area is 207 Å². The van der Waals surface area contributed by atoms with Crippen molar-refractivity contribution in [2.45, 2.75) is 110 Å². The Morgan fingerprint density at radius 1 is 1.11 bits per heavy atom. The summed E-state index contributed by atoms with van der Waals surface area (Å²) in [5.74, 6) is -2.63. The van der Waals surface area contributed by atoms with E-state index in [1.807, 2.05) is 0 Å². The number of esters is 2. The Hall–Kier alpha value is -2.03. The first-order valence-electron chi connectivity index (χ1n) is 12.4. The van der Waals surface area contributed by atoms with Gasteiger partial charge in [-0.3, -0.25) is 14.4 Å². The Bertz CT molecular complexity index is 951. The molecule has 2 bridgehead atoms. The van der Waals surface area contributed by atoms with Gasteiger partial charge in [-0.25, -0.2) is 0 Å². The van der Waals surface area contributed by atoms with Gasteiger partial charge >= 0.3 is 11.9 Å².